The van der Waals surface area contributed by atoms with Crippen LogP contribution in [0.1, 0.15) is 48.1 Å². The number of rotatable bonds is 4. The molecular weight excluding hydrogens is 340 g/mol. The molecule has 1 atom stereocenters. The molecule has 0 bridgehead atoms. The number of aryl methyl sites for hydroxylation is 1. The predicted octanol–water partition coefficient (Wildman–Crippen LogP) is 2.88. The fourth-order valence-electron chi connectivity index (χ4n) is 3.60. The molecule has 7 nitrogen and oxygen atoms in total. The van der Waals surface area contributed by atoms with Crippen molar-refractivity contribution in [2.24, 2.45) is 0 Å². The number of likely N-dealkylation sites (tertiary alicyclic amines) is 1. The zero-order valence-corrected chi connectivity index (χ0v) is 15.9. The molecule has 0 spiro atoms. The van der Waals surface area contributed by atoms with Crippen LogP contribution in [0.4, 0.5) is 5.69 Å². The number of hydrogen-bond donors (Lipinski definition) is 1. The molecule has 4 rings (SSSR count). The maximum Gasteiger partial charge on any atom is 0.257 e. The maximum absolute atomic E-state index is 12.7. The summed E-state index contributed by atoms with van der Waals surface area (Å²) in [6.07, 6.45) is 4.61. The normalized spacial score (nSPS) is 17.7. The number of carbonyl (C=O) groups excluding carboxylic acids is 1. The third-order valence-electron chi connectivity index (χ3n) is 5.26. The molecular formula is C20H24N6O. The van der Waals surface area contributed by atoms with E-state index in [0.717, 1.165) is 42.4 Å². The van der Waals surface area contributed by atoms with Crippen LogP contribution in [-0.4, -0.2) is 49.5 Å². The number of pyridine rings is 2. The smallest absolute Gasteiger partial charge is 0.257 e. The Hall–Kier alpha value is -2.80. The molecule has 1 N–H and O–H groups in total. The van der Waals surface area contributed by atoms with Gasteiger partial charge in [-0.05, 0) is 58.0 Å². The quantitative estimate of drug-likeness (QED) is 0.770. The summed E-state index contributed by atoms with van der Waals surface area (Å²) in [4.78, 5) is 19.4. The van der Waals surface area contributed by atoms with Crippen molar-refractivity contribution in [1.29, 1.82) is 0 Å². The van der Waals surface area contributed by atoms with Crippen LogP contribution in [-0.2, 0) is 0 Å². The van der Waals surface area contributed by atoms with Crippen LogP contribution in [0.5, 0.6) is 0 Å². The molecule has 1 fully saturated rings. The Bertz CT molecular complexity index is 980. The van der Waals surface area contributed by atoms with E-state index in [2.05, 4.69) is 39.2 Å². The monoisotopic (exact) mass is 364 g/mol. The number of nitrogens with one attached hydrogen (secondary N) is 1. The second-order valence-corrected chi connectivity index (χ2v) is 7.37. The molecule has 3 aromatic rings. The number of hydrogen-bond acceptors (Lipinski definition) is 5. The van der Waals surface area contributed by atoms with Crippen molar-refractivity contribution in [3.63, 3.8) is 0 Å². The van der Waals surface area contributed by atoms with Crippen molar-refractivity contribution < 1.29 is 4.79 Å². The van der Waals surface area contributed by atoms with Gasteiger partial charge in [-0.25, -0.2) is 0 Å². The lowest BCUT2D eigenvalue weighted by molar-refractivity contribution is 0.102. The molecule has 0 saturated carbocycles. The Kier molecular flexibility index (Phi) is 4.61. The summed E-state index contributed by atoms with van der Waals surface area (Å²) in [5.41, 5.74) is 2.85. The van der Waals surface area contributed by atoms with E-state index in [-0.39, 0.29) is 5.91 Å². The fourth-order valence-corrected chi connectivity index (χ4v) is 3.60. The predicted molar refractivity (Wildman–Crippen MR) is 104 cm³/mol. The first-order valence-corrected chi connectivity index (χ1v) is 9.34. The summed E-state index contributed by atoms with van der Waals surface area (Å²) < 4.78 is 1.96. The standard InChI is InChI=1S/C20H24N6O/c1-13(2)25-10-8-15(11-25)19-24-23-18-7-6-16(12-26(18)19)20(27)22-17-5-4-9-21-14(17)3/h4-7,9,12-13,15H,8,10-11H2,1-3H3,(H,22,27). The van der Waals surface area contributed by atoms with Crippen molar-refractivity contribution in [3.8, 4) is 0 Å². The van der Waals surface area contributed by atoms with E-state index in [0.29, 0.717) is 17.5 Å². The molecule has 0 aromatic carbocycles. The highest BCUT2D eigenvalue weighted by atomic mass is 16.1. The van der Waals surface area contributed by atoms with E-state index in [4.69, 9.17) is 0 Å². The average molecular weight is 364 g/mol. The first kappa shape index (κ1) is 17.6. The Morgan fingerprint density at radius 1 is 1.26 bits per heavy atom. The molecule has 1 aliphatic rings. The van der Waals surface area contributed by atoms with Crippen LogP contribution >= 0.6 is 0 Å². The van der Waals surface area contributed by atoms with Crippen LogP contribution in [0.15, 0.2) is 36.7 Å². The van der Waals surface area contributed by atoms with Gasteiger partial charge in [0, 0.05) is 30.9 Å². The van der Waals surface area contributed by atoms with Crippen molar-refractivity contribution in [2.45, 2.75) is 39.2 Å². The molecule has 3 aromatic heterocycles. The molecule has 4 heterocycles. The van der Waals surface area contributed by atoms with E-state index in [1.54, 1.807) is 12.3 Å². The SMILES string of the molecule is Cc1ncccc1NC(=O)c1ccc2nnc(C3CCN(C(C)C)C3)n2c1. The number of carbonyl (C=O) groups is 1. The van der Waals surface area contributed by atoms with E-state index in [1.165, 1.54) is 0 Å². The van der Waals surface area contributed by atoms with Crippen LogP contribution < -0.4 is 5.32 Å². The summed E-state index contributed by atoms with van der Waals surface area (Å²) in [6.45, 7) is 8.35. The summed E-state index contributed by atoms with van der Waals surface area (Å²) in [5.74, 6) is 1.10. The van der Waals surface area contributed by atoms with Gasteiger partial charge in [-0.3, -0.25) is 14.2 Å². The number of fused-ring (bicyclic) bond motifs is 1. The topological polar surface area (TPSA) is 75.4 Å². The largest absolute Gasteiger partial charge is 0.320 e. The van der Waals surface area contributed by atoms with Gasteiger partial charge in [0.15, 0.2) is 5.65 Å². The lowest BCUT2D eigenvalue weighted by Crippen LogP contribution is -2.28. The maximum atomic E-state index is 12.7. The fraction of sp³-hybridized carbons (Fsp3) is 0.400. The summed E-state index contributed by atoms with van der Waals surface area (Å²) in [6, 6.07) is 7.81. The van der Waals surface area contributed by atoms with Crippen LogP contribution in [0, 0.1) is 6.92 Å². The zero-order chi connectivity index (χ0) is 19.0. The number of anilines is 1. The van der Waals surface area contributed by atoms with Gasteiger partial charge in [0.1, 0.15) is 5.82 Å². The minimum Gasteiger partial charge on any atom is -0.320 e. The van der Waals surface area contributed by atoms with E-state index in [9.17, 15) is 4.79 Å². The number of nitrogens with zero attached hydrogens (tertiary/aromatic N) is 5. The molecule has 1 saturated heterocycles. The number of aromatic nitrogens is 4. The van der Waals surface area contributed by atoms with Gasteiger partial charge in [-0.2, -0.15) is 0 Å². The molecule has 0 aliphatic carbocycles. The highest BCUT2D eigenvalue weighted by molar-refractivity contribution is 6.04. The van der Waals surface area contributed by atoms with Crippen molar-refractivity contribution >= 4 is 17.2 Å². The first-order chi connectivity index (χ1) is 13.0. The van der Waals surface area contributed by atoms with Gasteiger partial charge in [-0.1, -0.05) is 0 Å². The third-order valence-corrected chi connectivity index (χ3v) is 5.26. The molecule has 1 unspecified atom stereocenters. The van der Waals surface area contributed by atoms with Crippen molar-refractivity contribution in [2.75, 3.05) is 18.4 Å². The molecule has 7 heteroatoms. The highest BCUT2D eigenvalue weighted by Crippen LogP contribution is 2.27. The van der Waals surface area contributed by atoms with Gasteiger partial charge >= 0.3 is 0 Å². The number of amides is 1. The minimum absolute atomic E-state index is 0.164. The molecule has 1 amide bonds. The summed E-state index contributed by atoms with van der Waals surface area (Å²) >= 11 is 0. The second-order valence-electron chi connectivity index (χ2n) is 7.37. The van der Waals surface area contributed by atoms with Gasteiger partial charge < -0.3 is 10.2 Å². The van der Waals surface area contributed by atoms with Crippen molar-refractivity contribution in [3.05, 3.63) is 53.7 Å². The Morgan fingerprint density at radius 3 is 2.85 bits per heavy atom. The Morgan fingerprint density at radius 2 is 2.11 bits per heavy atom. The van der Waals surface area contributed by atoms with Crippen LogP contribution in [0.2, 0.25) is 0 Å². The minimum atomic E-state index is -0.164. The van der Waals surface area contributed by atoms with E-state index in [1.807, 2.05) is 35.7 Å². The van der Waals surface area contributed by atoms with E-state index >= 15 is 0 Å². The molecule has 140 valence electrons. The molecule has 1 aliphatic heterocycles. The van der Waals surface area contributed by atoms with Crippen LogP contribution in [0.3, 0.4) is 0 Å². The summed E-state index contributed by atoms with van der Waals surface area (Å²) in [5, 5.41) is 11.6. The Balaban J connectivity index is 1.60. The third kappa shape index (κ3) is 3.42. The van der Waals surface area contributed by atoms with E-state index < -0.39 is 0 Å². The van der Waals surface area contributed by atoms with Gasteiger partial charge in [0.25, 0.3) is 5.91 Å². The molecule has 27 heavy (non-hydrogen) atoms. The zero-order valence-electron chi connectivity index (χ0n) is 15.9. The Labute approximate surface area is 158 Å². The lowest BCUT2D eigenvalue weighted by Gasteiger charge is -2.19. The van der Waals surface area contributed by atoms with Gasteiger partial charge in [0.05, 0.1) is 16.9 Å². The van der Waals surface area contributed by atoms with Gasteiger partial charge in [0.2, 0.25) is 0 Å². The molecule has 0 radical (unpaired) electrons. The first-order valence-electron chi connectivity index (χ1n) is 9.34. The average Bonchev–Trinajstić information content (AvgIpc) is 3.29. The summed E-state index contributed by atoms with van der Waals surface area (Å²) in [7, 11) is 0. The highest BCUT2D eigenvalue weighted by Gasteiger charge is 2.29. The second kappa shape index (κ2) is 7.08. The van der Waals surface area contributed by atoms with Crippen molar-refractivity contribution in [1.82, 2.24) is 24.5 Å². The van der Waals surface area contributed by atoms with Gasteiger partial charge in [-0.15, -0.1) is 10.2 Å². The lowest BCUT2D eigenvalue weighted by atomic mass is 10.1. The van der Waals surface area contributed by atoms with Crippen LogP contribution in [0.25, 0.3) is 5.65 Å².